The molecule has 3 unspecified atom stereocenters. The molecular weight excluding hydrogens is 552 g/mol. The smallest absolute Gasteiger partial charge is 0.338 e. The van der Waals surface area contributed by atoms with Gasteiger partial charge in [-0.3, -0.25) is 4.68 Å². The normalized spacial score (nSPS) is 22.3. The quantitative estimate of drug-likeness (QED) is 0.413. The molecule has 2 aliphatic rings. The lowest BCUT2D eigenvalue weighted by Crippen LogP contribution is -2.34. The summed E-state index contributed by atoms with van der Waals surface area (Å²) in [5.74, 6) is 0.431. The molecule has 232 valence electrons. The molecule has 3 heterocycles. The number of hydrogen-bond acceptors (Lipinski definition) is 10. The van der Waals surface area contributed by atoms with Crippen LogP contribution >= 0.6 is 0 Å². The van der Waals surface area contributed by atoms with Crippen molar-refractivity contribution in [2.24, 2.45) is 7.05 Å². The molecule has 2 aliphatic heterocycles. The molecule has 2 aromatic carbocycles. The largest absolute Gasteiger partial charge is 0.493 e. The van der Waals surface area contributed by atoms with Crippen molar-refractivity contribution in [3.05, 3.63) is 47.7 Å². The summed E-state index contributed by atoms with van der Waals surface area (Å²) < 4.78 is 30.6. The summed E-state index contributed by atoms with van der Waals surface area (Å²) in [4.78, 5) is 31.1. The average molecular weight is 595 g/mol. The highest BCUT2D eigenvalue weighted by molar-refractivity contribution is 5.94. The Labute approximate surface area is 252 Å². The van der Waals surface area contributed by atoms with Crippen LogP contribution in [0.5, 0.6) is 17.2 Å². The molecule has 0 aliphatic carbocycles. The van der Waals surface area contributed by atoms with Gasteiger partial charge >= 0.3 is 11.9 Å². The number of methoxy groups -OCH3 is 2. The van der Waals surface area contributed by atoms with Crippen molar-refractivity contribution in [2.75, 3.05) is 66.7 Å². The number of rotatable bonds is 4. The van der Waals surface area contributed by atoms with Gasteiger partial charge in [0.25, 0.3) is 0 Å². The van der Waals surface area contributed by atoms with E-state index in [-0.39, 0.29) is 12.1 Å². The van der Waals surface area contributed by atoms with Crippen molar-refractivity contribution < 1.29 is 33.3 Å². The molecule has 0 spiro atoms. The fourth-order valence-corrected chi connectivity index (χ4v) is 5.73. The number of carbonyl (C=O) groups excluding carboxylic acids is 2. The average Bonchev–Trinajstić information content (AvgIpc) is 3.24. The van der Waals surface area contributed by atoms with Crippen LogP contribution in [0.25, 0.3) is 10.9 Å². The predicted molar refractivity (Wildman–Crippen MR) is 161 cm³/mol. The summed E-state index contributed by atoms with van der Waals surface area (Å²) in [5, 5.41) is 5.25. The molecule has 43 heavy (non-hydrogen) atoms. The predicted octanol–water partition coefficient (Wildman–Crippen LogP) is 3.93. The Kier molecular flexibility index (Phi) is 10.4. The molecule has 1 saturated heterocycles. The molecule has 1 aromatic heterocycles. The third kappa shape index (κ3) is 7.77. The minimum atomic E-state index is -0.429. The van der Waals surface area contributed by atoms with Gasteiger partial charge in [0.15, 0.2) is 11.5 Å². The van der Waals surface area contributed by atoms with Crippen LogP contribution in [0.1, 0.15) is 52.8 Å². The maximum atomic E-state index is 13.3. The van der Waals surface area contributed by atoms with Crippen LogP contribution in [0.15, 0.2) is 36.5 Å². The first-order valence-corrected chi connectivity index (χ1v) is 15.1. The number of benzene rings is 2. The molecule has 1 fully saturated rings. The maximum Gasteiger partial charge on any atom is 0.338 e. The fourth-order valence-electron chi connectivity index (χ4n) is 5.73. The third-order valence-electron chi connectivity index (χ3n) is 8.17. The highest BCUT2D eigenvalue weighted by atomic mass is 16.5. The van der Waals surface area contributed by atoms with Crippen LogP contribution in [-0.2, 0) is 16.5 Å². The fraction of sp³-hybridized carbons (Fsp3) is 0.531. The first-order chi connectivity index (χ1) is 20.9. The van der Waals surface area contributed by atoms with Gasteiger partial charge in [-0.25, -0.2) is 9.59 Å². The Balaban J connectivity index is 1.33. The first-order valence-electron chi connectivity index (χ1n) is 15.1. The highest BCUT2D eigenvalue weighted by Gasteiger charge is 2.22. The zero-order chi connectivity index (χ0) is 30.2. The van der Waals surface area contributed by atoms with Crippen LogP contribution < -0.4 is 14.2 Å². The van der Waals surface area contributed by atoms with E-state index in [1.165, 1.54) is 14.2 Å². The molecule has 0 amide bonds. The van der Waals surface area contributed by atoms with Crippen molar-refractivity contribution in [3.63, 3.8) is 0 Å². The van der Waals surface area contributed by atoms with Crippen molar-refractivity contribution >= 4 is 22.8 Å². The highest BCUT2D eigenvalue weighted by Crippen LogP contribution is 2.39. The molecule has 3 atom stereocenters. The first kappa shape index (κ1) is 30.6. The van der Waals surface area contributed by atoms with Gasteiger partial charge in [0.1, 0.15) is 6.10 Å². The molecule has 0 N–H and O–H groups in total. The van der Waals surface area contributed by atoms with Gasteiger partial charge in [-0.2, -0.15) is 5.10 Å². The number of aromatic nitrogens is 2. The van der Waals surface area contributed by atoms with Gasteiger partial charge in [0.2, 0.25) is 5.75 Å². The van der Waals surface area contributed by atoms with E-state index in [1.807, 2.05) is 19.2 Å². The summed E-state index contributed by atoms with van der Waals surface area (Å²) in [5.41, 5.74) is 1.73. The molecule has 0 saturated carbocycles. The summed E-state index contributed by atoms with van der Waals surface area (Å²) in [7, 11) is 4.91. The lowest BCUT2D eigenvalue weighted by atomic mass is 10.1. The van der Waals surface area contributed by atoms with E-state index < -0.39 is 5.97 Å². The van der Waals surface area contributed by atoms with Crippen LogP contribution in [0.4, 0.5) is 0 Å². The minimum Gasteiger partial charge on any atom is -0.493 e. The van der Waals surface area contributed by atoms with Gasteiger partial charge in [-0.15, -0.1) is 0 Å². The van der Waals surface area contributed by atoms with Gasteiger partial charge in [-0.05, 0) is 69.5 Å². The topological polar surface area (TPSA) is 105 Å². The van der Waals surface area contributed by atoms with E-state index in [2.05, 4.69) is 14.9 Å². The Morgan fingerprint density at radius 2 is 1.65 bits per heavy atom. The van der Waals surface area contributed by atoms with E-state index in [0.29, 0.717) is 54.4 Å². The monoisotopic (exact) mass is 594 g/mol. The molecule has 5 rings (SSSR count). The Morgan fingerprint density at radius 3 is 2.44 bits per heavy atom. The number of hydrogen-bond donors (Lipinski definition) is 0. The zero-order valence-electron chi connectivity index (χ0n) is 25.4. The van der Waals surface area contributed by atoms with E-state index in [0.717, 1.165) is 69.4 Å². The van der Waals surface area contributed by atoms with Crippen LogP contribution in [-0.4, -0.2) is 104 Å². The summed E-state index contributed by atoms with van der Waals surface area (Å²) in [6.07, 6.45) is 5.31. The number of aryl methyl sites for hydroxylation is 1. The number of nitrogens with zero attached hydrogens (tertiary/aromatic N) is 4. The van der Waals surface area contributed by atoms with Gasteiger partial charge in [0.05, 0.1) is 50.3 Å². The van der Waals surface area contributed by atoms with Gasteiger partial charge < -0.3 is 33.5 Å². The third-order valence-corrected chi connectivity index (χ3v) is 8.17. The number of fused-ring (bicyclic) bond motifs is 6. The minimum absolute atomic E-state index is 0.280. The second-order valence-corrected chi connectivity index (χ2v) is 11.1. The summed E-state index contributed by atoms with van der Waals surface area (Å²) >= 11 is 0. The molecule has 11 heteroatoms. The van der Waals surface area contributed by atoms with Gasteiger partial charge in [0, 0.05) is 38.6 Å². The molecule has 0 radical (unpaired) electrons. The SMILES string of the molecule is COc1cc2cc(c1OC)OCCCC(OC(=O)c1ccc3cnn(C)c3c1)CCN1CCCN(CCCOC2=O)CC1. The number of cyclic esters (lactones) is 1. The van der Waals surface area contributed by atoms with Crippen molar-refractivity contribution in [2.45, 2.75) is 38.2 Å². The lowest BCUT2D eigenvalue weighted by Gasteiger charge is -2.24. The lowest BCUT2D eigenvalue weighted by molar-refractivity contribution is 0.0221. The summed E-state index contributed by atoms with van der Waals surface area (Å²) in [6.45, 7) is 6.30. The van der Waals surface area contributed by atoms with E-state index in [9.17, 15) is 9.59 Å². The second-order valence-electron chi connectivity index (χ2n) is 11.1. The van der Waals surface area contributed by atoms with Crippen LogP contribution in [0, 0.1) is 0 Å². The number of esters is 2. The van der Waals surface area contributed by atoms with Crippen LogP contribution in [0.3, 0.4) is 0 Å². The molecule has 11 nitrogen and oxygen atoms in total. The van der Waals surface area contributed by atoms with Crippen molar-refractivity contribution in [1.82, 2.24) is 19.6 Å². The number of carbonyl (C=O) groups is 2. The van der Waals surface area contributed by atoms with E-state index >= 15 is 0 Å². The van der Waals surface area contributed by atoms with Gasteiger partial charge in [-0.1, -0.05) is 6.07 Å². The van der Waals surface area contributed by atoms with Crippen LogP contribution in [0.2, 0.25) is 0 Å². The Bertz CT molecular complexity index is 1410. The Hall–Kier alpha value is -3.83. The summed E-state index contributed by atoms with van der Waals surface area (Å²) in [6, 6.07) is 8.76. The van der Waals surface area contributed by atoms with Crippen molar-refractivity contribution in [3.8, 4) is 17.2 Å². The molecule has 4 bridgehead atoms. The maximum absolute atomic E-state index is 13.3. The molecular formula is C32H42N4O7. The van der Waals surface area contributed by atoms with E-state index in [1.54, 1.807) is 29.1 Å². The number of ether oxygens (including phenoxy) is 5. The van der Waals surface area contributed by atoms with E-state index in [4.69, 9.17) is 23.7 Å². The zero-order valence-corrected chi connectivity index (χ0v) is 25.4. The standard InChI is InChI=1S/C32H42N4O7/c1-34-27-19-23(8-9-24(27)22-33-34)32(38)43-26-7-4-17-41-29-21-25(20-28(39-2)30(29)40-3)31(37)42-18-6-13-35-11-5-12-36(14-10-26)16-15-35/h8-9,19-22,26H,4-7,10-18H2,1-3H3. The second kappa shape index (κ2) is 14.6. The Morgan fingerprint density at radius 1 is 0.884 bits per heavy atom. The van der Waals surface area contributed by atoms with Crippen molar-refractivity contribution in [1.29, 1.82) is 0 Å². The molecule has 3 aromatic rings.